The summed E-state index contributed by atoms with van der Waals surface area (Å²) in [6.45, 7) is 27.2. The lowest BCUT2D eigenvalue weighted by Gasteiger charge is -2.38. The number of carbonyl (C=O) groups excluding carboxylic acids is 5. The summed E-state index contributed by atoms with van der Waals surface area (Å²) in [4.78, 5) is 85.3. The number of aliphatic hydroxyl groups excluding tert-OH is 1. The Hall–Kier alpha value is -4.26. The number of hydrogen-bond donors (Lipinski definition) is 1. The topological polar surface area (TPSA) is 175 Å². The average Bonchev–Trinajstić information content (AvgIpc) is 3.17. The van der Waals surface area contributed by atoms with Crippen molar-refractivity contribution in [2.45, 2.75) is 125 Å². The number of esters is 4. The van der Waals surface area contributed by atoms with Gasteiger partial charge in [0.05, 0.1) is 37.5 Å². The number of nitrogens with zero attached hydrogens (tertiary/aromatic N) is 7. The zero-order chi connectivity index (χ0) is 49.0. The van der Waals surface area contributed by atoms with Crippen LogP contribution in [0.25, 0.3) is 10.9 Å². The normalized spacial score (nSPS) is 18.2. The lowest BCUT2D eigenvalue weighted by atomic mass is 10.1. The Morgan fingerprint density at radius 3 is 1.39 bits per heavy atom. The van der Waals surface area contributed by atoms with Gasteiger partial charge in [0.1, 0.15) is 22.4 Å². The third kappa shape index (κ3) is 19.5. The Bertz CT molecular complexity index is 1900. The highest BCUT2D eigenvalue weighted by Gasteiger charge is 2.37. The van der Waals surface area contributed by atoms with Crippen LogP contribution >= 0.6 is 0 Å². The summed E-state index contributed by atoms with van der Waals surface area (Å²) in [6, 6.07) is 8.68. The van der Waals surface area contributed by atoms with Gasteiger partial charge < -0.3 is 29.0 Å². The van der Waals surface area contributed by atoms with Crippen molar-refractivity contribution in [1.82, 2.24) is 29.5 Å². The molecule has 3 heterocycles. The molecule has 17 nitrogen and oxygen atoms in total. The minimum Gasteiger partial charge on any atom is -0.459 e. The van der Waals surface area contributed by atoms with Crippen molar-refractivity contribution >= 4 is 46.3 Å². The van der Waals surface area contributed by atoms with Crippen LogP contribution in [-0.2, 0) is 49.5 Å². The fourth-order valence-corrected chi connectivity index (χ4v) is 7.86. The maximum atomic E-state index is 14.6. The van der Waals surface area contributed by atoms with Gasteiger partial charge in [0.25, 0.3) is 0 Å². The van der Waals surface area contributed by atoms with Gasteiger partial charge in [-0.05, 0) is 101 Å². The molecule has 2 fully saturated rings. The molecule has 17 heteroatoms. The Morgan fingerprint density at radius 1 is 0.561 bits per heavy atom. The average molecular weight is 926 g/mol. The molecule has 370 valence electrons. The molecule has 2 aromatic rings. The predicted molar refractivity (Wildman–Crippen MR) is 254 cm³/mol. The van der Waals surface area contributed by atoms with E-state index in [1.165, 1.54) is 0 Å². The molecule has 0 spiro atoms. The molecule has 0 amide bonds. The summed E-state index contributed by atoms with van der Waals surface area (Å²) in [5.41, 5.74) is -0.502. The minimum absolute atomic E-state index is 0.00131. The first-order valence-electron chi connectivity index (χ1n) is 23.5. The molecule has 1 aromatic heterocycles. The third-order valence-corrected chi connectivity index (χ3v) is 10.8. The van der Waals surface area contributed by atoms with Gasteiger partial charge in [-0.25, -0.2) is 4.79 Å². The van der Waals surface area contributed by atoms with Crippen LogP contribution < -0.4 is 4.90 Å². The van der Waals surface area contributed by atoms with Crippen molar-refractivity contribution in [2.75, 3.05) is 110 Å². The van der Waals surface area contributed by atoms with Crippen LogP contribution in [0.1, 0.15) is 95.2 Å². The van der Waals surface area contributed by atoms with Gasteiger partial charge in [-0.3, -0.25) is 48.7 Å². The summed E-state index contributed by atoms with van der Waals surface area (Å²) < 4.78 is 23.1. The molecule has 0 radical (unpaired) electrons. The fraction of sp³-hybridized carbons (Fsp3) is 0.714. The standard InChI is InChI=1S/C49H79N7O10/c1-46(2,3)63-41(59)32-52-19-21-53(33-42(60)64-47(4,5)6)25-29-56(30-26-54(22-20-52)34-43(61)65-48(7,8)9)44(45(62)66-49(10,11)12)40(58)17-18-51-23-27-55(28-24-51)38-16-14-36-13-15-37(35-57)50-39(36)31-38/h13-16,31,44,57H,17-30,32-35H2,1-12H3. The number of fused-ring (bicyclic) bond motifs is 1. The number of pyridine rings is 1. The van der Waals surface area contributed by atoms with Gasteiger partial charge in [0.2, 0.25) is 0 Å². The Kier molecular flexibility index (Phi) is 19.5. The van der Waals surface area contributed by atoms with E-state index in [2.05, 4.69) is 20.9 Å². The van der Waals surface area contributed by atoms with E-state index in [1.54, 1.807) is 20.8 Å². The quantitative estimate of drug-likeness (QED) is 0.165. The summed E-state index contributed by atoms with van der Waals surface area (Å²) in [6.07, 6.45) is 0.104. The fourth-order valence-electron chi connectivity index (χ4n) is 7.86. The highest BCUT2D eigenvalue weighted by Crippen LogP contribution is 2.23. The SMILES string of the molecule is CC(C)(C)OC(=O)CN1CCN(CC(=O)OC(C)(C)C)CCN(C(C(=O)CCN2CCN(c3ccc4ccc(CO)nc4c3)CC2)C(=O)OC(C)(C)C)CCN(CC(=O)OC(C)(C)C)CC1. The van der Waals surface area contributed by atoms with Gasteiger partial charge in [-0.1, -0.05) is 12.1 Å². The van der Waals surface area contributed by atoms with Crippen LogP contribution in [0, 0.1) is 0 Å². The van der Waals surface area contributed by atoms with Crippen molar-refractivity contribution in [3.8, 4) is 0 Å². The molecular formula is C49H79N7O10. The van der Waals surface area contributed by atoms with Crippen molar-refractivity contribution < 1.29 is 48.0 Å². The van der Waals surface area contributed by atoms with Crippen molar-refractivity contribution in [2.24, 2.45) is 0 Å². The van der Waals surface area contributed by atoms with E-state index in [0.717, 1.165) is 29.7 Å². The summed E-state index contributed by atoms with van der Waals surface area (Å²) in [5, 5.41) is 10.6. The monoisotopic (exact) mass is 926 g/mol. The molecule has 1 unspecified atom stereocenters. The molecule has 0 bridgehead atoms. The Morgan fingerprint density at radius 2 is 0.970 bits per heavy atom. The number of ether oxygens (including phenoxy) is 4. The number of hydrogen-bond acceptors (Lipinski definition) is 17. The van der Waals surface area contributed by atoms with Crippen LogP contribution in [0.3, 0.4) is 0 Å². The number of anilines is 1. The summed E-state index contributed by atoms with van der Waals surface area (Å²) >= 11 is 0. The van der Waals surface area contributed by atoms with Gasteiger partial charge >= 0.3 is 23.9 Å². The molecular weight excluding hydrogens is 847 g/mol. The highest BCUT2D eigenvalue weighted by atomic mass is 16.6. The maximum absolute atomic E-state index is 14.6. The predicted octanol–water partition coefficient (Wildman–Crippen LogP) is 3.77. The number of aromatic nitrogens is 1. The van der Waals surface area contributed by atoms with Crippen LogP contribution in [0.5, 0.6) is 0 Å². The molecule has 4 rings (SSSR count). The molecule has 1 N–H and O–H groups in total. The first-order chi connectivity index (χ1) is 30.6. The molecule has 0 saturated carbocycles. The van der Waals surface area contributed by atoms with E-state index in [-0.39, 0.29) is 70.6 Å². The van der Waals surface area contributed by atoms with Gasteiger partial charge in [0.15, 0.2) is 11.8 Å². The molecule has 1 aromatic carbocycles. The minimum atomic E-state index is -1.25. The van der Waals surface area contributed by atoms with Gasteiger partial charge in [0, 0.05) is 103 Å². The molecule has 2 aliphatic heterocycles. The van der Waals surface area contributed by atoms with E-state index in [9.17, 15) is 29.1 Å². The highest BCUT2D eigenvalue weighted by molar-refractivity contribution is 6.03. The van der Waals surface area contributed by atoms with Crippen LogP contribution in [0.15, 0.2) is 30.3 Å². The first kappa shape index (κ1) is 54.3. The molecule has 2 aliphatic rings. The number of benzene rings is 1. The summed E-state index contributed by atoms with van der Waals surface area (Å²) in [7, 11) is 0. The lowest BCUT2D eigenvalue weighted by Crippen LogP contribution is -2.55. The number of carbonyl (C=O) groups is 5. The molecule has 2 saturated heterocycles. The van der Waals surface area contributed by atoms with Crippen molar-refractivity contribution in [3.63, 3.8) is 0 Å². The number of aliphatic hydroxyl groups is 1. The zero-order valence-corrected chi connectivity index (χ0v) is 41.9. The second kappa shape index (κ2) is 23.6. The van der Waals surface area contributed by atoms with E-state index in [4.69, 9.17) is 18.9 Å². The second-order valence-corrected chi connectivity index (χ2v) is 21.4. The van der Waals surface area contributed by atoms with Gasteiger partial charge in [-0.15, -0.1) is 0 Å². The van der Waals surface area contributed by atoms with Crippen molar-refractivity contribution in [1.29, 1.82) is 0 Å². The smallest absolute Gasteiger partial charge is 0.331 e. The number of rotatable bonds is 14. The lowest BCUT2D eigenvalue weighted by molar-refractivity contribution is -0.165. The van der Waals surface area contributed by atoms with E-state index in [1.807, 2.05) is 106 Å². The van der Waals surface area contributed by atoms with Crippen LogP contribution in [0.4, 0.5) is 5.69 Å². The second-order valence-electron chi connectivity index (χ2n) is 21.4. The molecule has 66 heavy (non-hydrogen) atoms. The number of Topliss-reactive ketones (excluding diaryl/α,β-unsaturated/α-hetero) is 1. The largest absolute Gasteiger partial charge is 0.459 e. The van der Waals surface area contributed by atoms with Crippen LogP contribution in [-0.4, -0.2) is 197 Å². The van der Waals surface area contributed by atoms with Crippen molar-refractivity contribution in [3.05, 3.63) is 36.0 Å². The molecule has 1 atom stereocenters. The third-order valence-electron chi connectivity index (χ3n) is 10.8. The number of piperazine rings is 1. The van der Waals surface area contributed by atoms with E-state index in [0.29, 0.717) is 51.5 Å². The Labute approximate surface area is 393 Å². The van der Waals surface area contributed by atoms with E-state index < -0.39 is 46.4 Å². The number of ketones is 1. The van der Waals surface area contributed by atoms with Crippen LogP contribution in [0.2, 0.25) is 0 Å². The van der Waals surface area contributed by atoms with E-state index >= 15 is 0 Å². The first-order valence-corrected chi connectivity index (χ1v) is 23.5. The summed E-state index contributed by atoms with van der Waals surface area (Å²) in [5.74, 6) is -2.16. The van der Waals surface area contributed by atoms with Gasteiger partial charge in [-0.2, -0.15) is 0 Å². The Balaban J connectivity index is 1.58. The zero-order valence-electron chi connectivity index (χ0n) is 41.9. The maximum Gasteiger partial charge on any atom is 0.331 e. The molecule has 0 aliphatic carbocycles.